The maximum atomic E-state index is 9.34. The van der Waals surface area contributed by atoms with Gasteiger partial charge in [-0.2, -0.15) is 10.5 Å². The van der Waals surface area contributed by atoms with Crippen molar-refractivity contribution < 1.29 is 0 Å². The minimum absolute atomic E-state index is 0.445. The van der Waals surface area contributed by atoms with Crippen LogP contribution in [-0.4, -0.2) is 8.94 Å². The number of nitrogens with zero attached hydrogens (tertiary/aromatic N) is 2. The van der Waals surface area contributed by atoms with Crippen molar-refractivity contribution in [2.45, 2.75) is 31.9 Å². The third-order valence-electron chi connectivity index (χ3n) is 2.60. The molecule has 1 aromatic carbocycles. The Morgan fingerprint density at radius 3 is 2.32 bits per heavy atom. The van der Waals surface area contributed by atoms with Crippen LogP contribution in [0.15, 0.2) is 24.3 Å². The van der Waals surface area contributed by atoms with Crippen LogP contribution in [0.3, 0.4) is 0 Å². The van der Waals surface area contributed by atoms with Crippen molar-refractivity contribution in [1.82, 2.24) is 0 Å². The molecule has 0 aliphatic carbocycles. The summed E-state index contributed by atoms with van der Waals surface area (Å²) in [6, 6.07) is 11.6. The van der Waals surface area contributed by atoms with E-state index in [1.807, 2.05) is 19.1 Å². The molecule has 0 fully saturated rings. The summed E-state index contributed by atoms with van der Waals surface area (Å²) < 4.78 is 0.202. The van der Waals surface area contributed by atoms with Gasteiger partial charge in [-0.25, -0.2) is 0 Å². The lowest BCUT2D eigenvalue weighted by molar-refractivity contribution is 0.539. The third-order valence-corrected chi connectivity index (χ3v) is 4.22. The Morgan fingerprint density at radius 2 is 1.89 bits per heavy atom. The minimum atomic E-state index is -0.501. The smallest absolute Gasteiger partial charge is 0.105 e. The van der Waals surface area contributed by atoms with E-state index >= 15 is 0 Å². The van der Waals surface area contributed by atoms with E-state index in [2.05, 4.69) is 26.0 Å². The van der Waals surface area contributed by atoms with Gasteiger partial charge >= 0.3 is 0 Å². The number of hydrogen-bond acceptors (Lipinski definition) is 4. The maximum absolute atomic E-state index is 9.34. The Morgan fingerprint density at radius 1 is 1.32 bits per heavy atom. The largest absolute Gasteiger partial charge is 0.197 e. The van der Waals surface area contributed by atoms with Gasteiger partial charge in [-0.15, -0.1) is 0 Å². The van der Waals surface area contributed by atoms with Gasteiger partial charge in [0, 0.05) is 0 Å². The fourth-order valence-electron chi connectivity index (χ4n) is 1.83. The van der Waals surface area contributed by atoms with Gasteiger partial charge in [-0.05, 0) is 37.0 Å². The number of benzene rings is 1. The monoisotopic (exact) mass is 288 g/mol. The zero-order chi connectivity index (χ0) is 14.5. The van der Waals surface area contributed by atoms with Gasteiger partial charge in [0.05, 0.1) is 21.9 Å². The Balaban J connectivity index is 2.83. The van der Waals surface area contributed by atoms with Crippen molar-refractivity contribution in [1.29, 1.82) is 10.5 Å². The average Bonchev–Trinajstić information content (AvgIpc) is 2.37. The molecule has 1 rings (SSSR count). The Hall–Kier alpha value is -1.36. The molecule has 0 bridgehead atoms. The first-order valence-corrected chi connectivity index (χ1v) is 7.27. The van der Waals surface area contributed by atoms with Crippen LogP contribution in [0.4, 0.5) is 0 Å². The third kappa shape index (κ3) is 4.67. The molecule has 0 saturated carbocycles. The van der Waals surface area contributed by atoms with Gasteiger partial charge in [0.15, 0.2) is 0 Å². The second kappa shape index (κ2) is 6.70. The summed E-state index contributed by atoms with van der Waals surface area (Å²) in [6.07, 6.45) is 0.796. The standard InChI is InChI=1S/C15H16N2S2/c1-11(2)8-15(3,10-17)19-14(18)13-6-4-12(9-16)5-7-13/h4-7,11H,8H2,1-3H3. The molecule has 1 aromatic rings. The molecule has 19 heavy (non-hydrogen) atoms. The lowest BCUT2D eigenvalue weighted by Gasteiger charge is -2.23. The molecule has 0 heterocycles. The summed E-state index contributed by atoms with van der Waals surface area (Å²) in [4.78, 5) is 0. The van der Waals surface area contributed by atoms with Crippen molar-refractivity contribution in [3.05, 3.63) is 35.4 Å². The van der Waals surface area contributed by atoms with Gasteiger partial charge in [-0.3, -0.25) is 0 Å². The molecule has 0 aliphatic rings. The lowest BCUT2D eigenvalue weighted by Crippen LogP contribution is -2.22. The first-order valence-electron chi connectivity index (χ1n) is 6.05. The topological polar surface area (TPSA) is 47.6 Å². The van der Waals surface area contributed by atoms with E-state index in [9.17, 15) is 5.26 Å². The van der Waals surface area contributed by atoms with Crippen molar-refractivity contribution in [3.63, 3.8) is 0 Å². The molecule has 4 heteroatoms. The zero-order valence-electron chi connectivity index (χ0n) is 11.3. The van der Waals surface area contributed by atoms with Gasteiger partial charge in [0.1, 0.15) is 4.75 Å². The quantitative estimate of drug-likeness (QED) is 0.775. The first-order chi connectivity index (χ1) is 8.90. The van der Waals surface area contributed by atoms with Gasteiger partial charge in [0.25, 0.3) is 0 Å². The van der Waals surface area contributed by atoms with Crippen LogP contribution in [0, 0.1) is 28.6 Å². The fraction of sp³-hybridized carbons (Fsp3) is 0.400. The number of hydrogen-bond donors (Lipinski definition) is 0. The average molecular weight is 288 g/mol. The highest BCUT2D eigenvalue weighted by atomic mass is 32.2. The number of rotatable bonds is 4. The normalized spacial score (nSPS) is 13.4. The van der Waals surface area contributed by atoms with Crippen LogP contribution in [-0.2, 0) is 0 Å². The molecule has 0 amide bonds. The fourth-order valence-corrected chi connectivity index (χ4v) is 3.65. The van der Waals surface area contributed by atoms with Crippen molar-refractivity contribution >= 4 is 28.2 Å². The van der Waals surface area contributed by atoms with Crippen LogP contribution < -0.4 is 0 Å². The molecule has 1 atom stereocenters. The van der Waals surface area contributed by atoms with Crippen molar-refractivity contribution in [2.75, 3.05) is 0 Å². The maximum Gasteiger partial charge on any atom is 0.105 e. The van der Waals surface area contributed by atoms with E-state index in [1.165, 1.54) is 11.8 Å². The van der Waals surface area contributed by atoms with Gasteiger partial charge in [0.2, 0.25) is 0 Å². The van der Waals surface area contributed by atoms with Crippen LogP contribution in [0.5, 0.6) is 0 Å². The highest BCUT2D eigenvalue weighted by molar-refractivity contribution is 8.24. The number of thiocarbonyl (C=S) groups is 1. The van der Waals surface area contributed by atoms with E-state index in [-0.39, 0.29) is 0 Å². The molecular weight excluding hydrogens is 272 g/mol. The summed E-state index contributed by atoms with van der Waals surface area (Å²) in [5, 5.41) is 18.1. The van der Waals surface area contributed by atoms with Gasteiger partial charge < -0.3 is 0 Å². The zero-order valence-corrected chi connectivity index (χ0v) is 12.9. The molecular formula is C15H16N2S2. The van der Waals surface area contributed by atoms with E-state index in [0.29, 0.717) is 15.7 Å². The van der Waals surface area contributed by atoms with E-state index < -0.39 is 4.75 Å². The second-order valence-corrected chi connectivity index (χ2v) is 7.20. The van der Waals surface area contributed by atoms with E-state index in [4.69, 9.17) is 17.5 Å². The predicted molar refractivity (Wildman–Crippen MR) is 83.9 cm³/mol. The Kier molecular flexibility index (Phi) is 5.54. The van der Waals surface area contributed by atoms with Crippen LogP contribution in [0.25, 0.3) is 0 Å². The Labute approximate surface area is 124 Å². The molecule has 0 saturated heterocycles. The summed E-state index contributed by atoms with van der Waals surface area (Å²) in [7, 11) is 0. The molecule has 98 valence electrons. The minimum Gasteiger partial charge on any atom is -0.197 e. The second-order valence-electron chi connectivity index (χ2n) is 5.02. The SMILES string of the molecule is CC(C)CC(C)(C#N)SC(=S)c1ccc(C#N)cc1. The van der Waals surface area contributed by atoms with Crippen molar-refractivity contribution in [3.8, 4) is 12.1 Å². The predicted octanol–water partition coefficient (Wildman–Crippen LogP) is 4.30. The molecule has 0 aliphatic heterocycles. The van der Waals surface area contributed by atoms with Crippen LogP contribution in [0.2, 0.25) is 0 Å². The number of nitriles is 2. The highest BCUT2D eigenvalue weighted by Crippen LogP contribution is 2.34. The van der Waals surface area contributed by atoms with Crippen molar-refractivity contribution in [2.24, 2.45) is 5.92 Å². The summed E-state index contributed by atoms with van der Waals surface area (Å²) in [5.41, 5.74) is 1.51. The van der Waals surface area contributed by atoms with Crippen LogP contribution >= 0.6 is 24.0 Å². The molecule has 0 aromatic heterocycles. The summed E-state index contributed by atoms with van der Waals surface area (Å²) >= 11 is 6.83. The molecule has 0 radical (unpaired) electrons. The molecule has 1 unspecified atom stereocenters. The summed E-state index contributed by atoms with van der Waals surface area (Å²) in [6.45, 7) is 6.12. The summed E-state index contributed by atoms with van der Waals surface area (Å²) in [5.74, 6) is 0.445. The molecule has 2 nitrogen and oxygen atoms in total. The van der Waals surface area contributed by atoms with E-state index in [1.54, 1.807) is 12.1 Å². The van der Waals surface area contributed by atoms with Gasteiger partial charge in [-0.1, -0.05) is 50.0 Å². The highest BCUT2D eigenvalue weighted by Gasteiger charge is 2.28. The Bertz CT molecular complexity index is 535. The number of thioether (sulfide) groups is 1. The van der Waals surface area contributed by atoms with Crippen LogP contribution in [0.1, 0.15) is 38.3 Å². The molecule has 0 spiro atoms. The first kappa shape index (κ1) is 15.7. The van der Waals surface area contributed by atoms with E-state index in [0.717, 1.165) is 12.0 Å². The molecule has 0 N–H and O–H groups in total. The lowest BCUT2D eigenvalue weighted by atomic mass is 9.99.